The van der Waals surface area contributed by atoms with Crippen LogP contribution in [0.4, 0.5) is 0 Å². The highest BCUT2D eigenvalue weighted by atomic mass is 32.2. The molecule has 6 nitrogen and oxygen atoms in total. The van der Waals surface area contributed by atoms with Crippen LogP contribution in [-0.4, -0.2) is 47.2 Å². The van der Waals surface area contributed by atoms with Crippen LogP contribution in [0, 0.1) is 6.92 Å². The van der Waals surface area contributed by atoms with Gasteiger partial charge < -0.3 is 15.2 Å². The fraction of sp³-hybridized carbons (Fsp3) is 0.385. The molecule has 7 heteroatoms. The normalized spacial score (nSPS) is 11.9. The topological polar surface area (TPSA) is 92.7 Å². The molecule has 0 bridgehead atoms. The van der Waals surface area contributed by atoms with E-state index in [1.807, 2.05) is 0 Å². The molecule has 0 radical (unpaired) electrons. The number of carbonyl (C=O) groups is 2. The number of carboxylic acids is 1. The fourth-order valence-electron chi connectivity index (χ4n) is 1.52. The first-order chi connectivity index (χ1) is 9.45. The Labute approximate surface area is 119 Å². The van der Waals surface area contributed by atoms with Gasteiger partial charge in [0.2, 0.25) is 5.91 Å². The van der Waals surface area contributed by atoms with E-state index in [2.05, 4.69) is 5.32 Å². The molecule has 1 amide bonds. The lowest BCUT2D eigenvalue weighted by Crippen LogP contribution is -2.31. The summed E-state index contributed by atoms with van der Waals surface area (Å²) in [6.45, 7) is 2.39. The third-order valence-corrected chi connectivity index (χ3v) is 3.90. The van der Waals surface area contributed by atoms with Gasteiger partial charge in [-0.1, -0.05) is 6.07 Å². The lowest BCUT2D eigenvalue weighted by Gasteiger charge is -2.07. The summed E-state index contributed by atoms with van der Waals surface area (Å²) in [5, 5.41) is 11.6. The summed E-state index contributed by atoms with van der Waals surface area (Å²) in [6.07, 6.45) is 0. The molecule has 0 aromatic heterocycles. The van der Waals surface area contributed by atoms with E-state index in [1.54, 1.807) is 19.1 Å². The van der Waals surface area contributed by atoms with Crippen LogP contribution in [0.3, 0.4) is 0 Å². The average Bonchev–Trinajstić information content (AvgIpc) is 2.39. The highest BCUT2D eigenvalue weighted by Gasteiger charge is 2.14. The molecular formula is C13H17NO5S. The van der Waals surface area contributed by atoms with E-state index in [0.717, 1.165) is 0 Å². The second-order valence-electron chi connectivity index (χ2n) is 4.11. The number of amides is 1. The van der Waals surface area contributed by atoms with E-state index in [-0.39, 0.29) is 17.2 Å². The van der Waals surface area contributed by atoms with Gasteiger partial charge in [-0.3, -0.25) is 9.00 Å². The lowest BCUT2D eigenvalue weighted by molar-refractivity contribution is -0.118. The summed E-state index contributed by atoms with van der Waals surface area (Å²) in [7, 11) is -0.0523. The average molecular weight is 299 g/mol. The van der Waals surface area contributed by atoms with E-state index < -0.39 is 16.8 Å². The summed E-state index contributed by atoms with van der Waals surface area (Å²) in [4.78, 5) is 22.8. The first-order valence-electron chi connectivity index (χ1n) is 5.93. The van der Waals surface area contributed by atoms with Gasteiger partial charge in [0, 0.05) is 18.6 Å². The molecule has 20 heavy (non-hydrogen) atoms. The van der Waals surface area contributed by atoms with Crippen molar-refractivity contribution in [3.8, 4) is 0 Å². The van der Waals surface area contributed by atoms with Crippen molar-refractivity contribution in [3.63, 3.8) is 0 Å². The zero-order valence-corrected chi connectivity index (χ0v) is 12.2. The second-order valence-corrected chi connectivity index (χ2v) is 5.57. The van der Waals surface area contributed by atoms with Crippen LogP contribution in [0.2, 0.25) is 0 Å². The third-order valence-electron chi connectivity index (χ3n) is 2.59. The van der Waals surface area contributed by atoms with Crippen molar-refractivity contribution in [1.29, 1.82) is 0 Å². The first-order valence-corrected chi connectivity index (χ1v) is 7.25. The maximum atomic E-state index is 12.0. The monoisotopic (exact) mass is 299 g/mol. The number of nitrogens with one attached hydrogen (secondary N) is 1. The summed E-state index contributed by atoms with van der Waals surface area (Å²) in [5.74, 6) is -1.64. The van der Waals surface area contributed by atoms with Gasteiger partial charge >= 0.3 is 5.97 Å². The molecule has 0 heterocycles. The molecule has 0 aliphatic rings. The number of rotatable bonds is 7. The molecule has 1 rings (SSSR count). The van der Waals surface area contributed by atoms with Gasteiger partial charge in [-0.2, -0.15) is 0 Å². The largest absolute Gasteiger partial charge is 0.478 e. The van der Waals surface area contributed by atoms with Gasteiger partial charge in [-0.25, -0.2) is 4.79 Å². The number of methoxy groups -OCH3 is 1. The van der Waals surface area contributed by atoms with Crippen LogP contribution >= 0.6 is 0 Å². The predicted octanol–water partition coefficient (Wildman–Crippen LogP) is 0.563. The van der Waals surface area contributed by atoms with Gasteiger partial charge in [0.05, 0.1) is 23.0 Å². The highest BCUT2D eigenvalue weighted by molar-refractivity contribution is 7.85. The van der Waals surface area contributed by atoms with Crippen molar-refractivity contribution in [2.24, 2.45) is 0 Å². The second kappa shape index (κ2) is 7.76. The number of benzene rings is 1. The number of ether oxygens (including phenoxy) is 1. The molecule has 110 valence electrons. The maximum absolute atomic E-state index is 12.0. The number of aromatic carboxylic acids is 1. The molecule has 0 fully saturated rings. The van der Waals surface area contributed by atoms with Gasteiger partial charge in [0.1, 0.15) is 5.75 Å². The molecule has 2 N–H and O–H groups in total. The number of hydrogen-bond donors (Lipinski definition) is 2. The van der Waals surface area contributed by atoms with Crippen molar-refractivity contribution in [1.82, 2.24) is 5.32 Å². The third kappa shape index (κ3) is 4.75. The van der Waals surface area contributed by atoms with E-state index in [1.165, 1.54) is 13.2 Å². The minimum absolute atomic E-state index is 0.0932. The molecule has 0 spiro atoms. The Morgan fingerprint density at radius 3 is 2.70 bits per heavy atom. The SMILES string of the molecule is COCCNC(=O)CS(=O)c1ccc(C)c(C(=O)O)c1. The smallest absolute Gasteiger partial charge is 0.335 e. The van der Waals surface area contributed by atoms with Crippen LogP contribution in [-0.2, 0) is 20.3 Å². The molecule has 1 atom stereocenters. The Morgan fingerprint density at radius 2 is 2.10 bits per heavy atom. The van der Waals surface area contributed by atoms with Crippen LogP contribution in [0.25, 0.3) is 0 Å². The Kier molecular flexibility index (Phi) is 6.33. The van der Waals surface area contributed by atoms with E-state index in [0.29, 0.717) is 23.6 Å². The zero-order valence-electron chi connectivity index (χ0n) is 11.3. The fourth-order valence-corrected chi connectivity index (χ4v) is 2.50. The molecule has 0 saturated carbocycles. The van der Waals surface area contributed by atoms with Crippen LogP contribution in [0.1, 0.15) is 15.9 Å². The molecular weight excluding hydrogens is 282 g/mol. The predicted molar refractivity (Wildman–Crippen MR) is 74.3 cm³/mol. The van der Waals surface area contributed by atoms with Crippen molar-refractivity contribution >= 4 is 22.7 Å². The van der Waals surface area contributed by atoms with E-state index in [9.17, 15) is 13.8 Å². The summed E-state index contributed by atoms with van der Waals surface area (Å²) < 4.78 is 16.8. The number of carboxylic acid groups (broad SMARTS) is 1. The van der Waals surface area contributed by atoms with Gasteiger partial charge in [0.15, 0.2) is 0 Å². The summed E-state index contributed by atoms with van der Waals surface area (Å²) in [5.41, 5.74) is 0.679. The minimum atomic E-state index is -1.57. The van der Waals surface area contributed by atoms with Gasteiger partial charge in [-0.15, -0.1) is 0 Å². The quantitative estimate of drug-likeness (QED) is 0.718. The van der Waals surface area contributed by atoms with Gasteiger partial charge in [0.25, 0.3) is 0 Å². The van der Waals surface area contributed by atoms with Crippen LogP contribution in [0.5, 0.6) is 0 Å². The zero-order chi connectivity index (χ0) is 15.1. The Bertz CT molecular complexity index is 529. The van der Waals surface area contributed by atoms with Crippen LogP contribution in [0.15, 0.2) is 23.1 Å². The van der Waals surface area contributed by atoms with Crippen molar-refractivity contribution < 1.29 is 23.6 Å². The summed E-state index contributed by atoms with van der Waals surface area (Å²) in [6, 6.07) is 4.50. The maximum Gasteiger partial charge on any atom is 0.335 e. The van der Waals surface area contributed by atoms with Crippen molar-refractivity contribution in [2.75, 3.05) is 26.0 Å². The minimum Gasteiger partial charge on any atom is -0.478 e. The molecule has 1 aromatic rings. The van der Waals surface area contributed by atoms with Crippen molar-refractivity contribution in [2.45, 2.75) is 11.8 Å². The lowest BCUT2D eigenvalue weighted by atomic mass is 10.1. The Hall–Kier alpha value is -1.73. The molecule has 0 aliphatic heterocycles. The Balaban J connectivity index is 2.70. The molecule has 0 saturated heterocycles. The molecule has 1 unspecified atom stereocenters. The standard InChI is InChI=1S/C13H17NO5S/c1-9-3-4-10(7-11(9)13(16)17)20(18)8-12(15)14-5-6-19-2/h3-4,7H,5-6,8H2,1-2H3,(H,14,15)(H,16,17). The Morgan fingerprint density at radius 1 is 1.40 bits per heavy atom. The highest BCUT2D eigenvalue weighted by Crippen LogP contribution is 2.14. The van der Waals surface area contributed by atoms with Gasteiger partial charge in [-0.05, 0) is 24.6 Å². The first kappa shape index (κ1) is 16.3. The summed E-state index contributed by atoms with van der Waals surface area (Å²) >= 11 is 0. The molecule has 0 aliphatic carbocycles. The number of aryl methyl sites for hydroxylation is 1. The van der Waals surface area contributed by atoms with E-state index in [4.69, 9.17) is 9.84 Å². The van der Waals surface area contributed by atoms with Crippen molar-refractivity contribution in [3.05, 3.63) is 29.3 Å². The van der Waals surface area contributed by atoms with Crippen LogP contribution < -0.4 is 5.32 Å². The number of hydrogen-bond acceptors (Lipinski definition) is 4. The molecule has 1 aromatic carbocycles. The van der Waals surface area contributed by atoms with E-state index >= 15 is 0 Å². The number of carbonyl (C=O) groups excluding carboxylic acids is 1.